The lowest BCUT2D eigenvalue weighted by molar-refractivity contribution is 0.337. The molecule has 0 saturated carbocycles. The Morgan fingerprint density at radius 2 is 1.63 bits per heavy atom. The zero-order valence-electron chi connectivity index (χ0n) is 11.0. The number of hydrogen-bond acceptors (Lipinski definition) is 3. The average molecular weight is 276 g/mol. The molecule has 0 saturated heterocycles. The van der Waals surface area contributed by atoms with Gasteiger partial charge in [-0.05, 0) is 36.8 Å². The summed E-state index contributed by atoms with van der Waals surface area (Å²) in [5, 5.41) is 0. The van der Waals surface area contributed by atoms with Crippen LogP contribution in [0, 0.1) is 6.92 Å². The third kappa shape index (κ3) is 3.91. The molecule has 1 atom stereocenters. The predicted octanol–water partition coefficient (Wildman–Crippen LogP) is 3.24. The third-order valence-electron chi connectivity index (χ3n) is 2.71. The molecular formula is C15H16O3S. The SMILES string of the molecule is COc1ccc(COS(=O)c2ccc(C)cc2)cc1. The van der Waals surface area contributed by atoms with Gasteiger partial charge < -0.3 is 4.74 Å². The van der Waals surface area contributed by atoms with Crippen LogP contribution in [-0.2, 0) is 21.9 Å². The summed E-state index contributed by atoms with van der Waals surface area (Å²) in [7, 11) is 1.62. The average Bonchev–Trinajstić information content (AvgIpc) is 2.46. The van der Waals surface area contributed by atoms with Gasteiger partial charge in [-0.2, -0.15) is 0 Å². The van der Waals surface area contributed by atoms with Gasteiger partial charge in [0.05, 0.1) is 18.6 Å². The van der Waals surface area contributed by atoms with Crippen LogP contribution in [0.3, 0.4) is 0 Å². The Morgan fingerprint density at radius 1 is 1.00 bits per heavy atom. The molecule has 0 heterocycles. The summed E-state index contributed by atoms with van der Waals surface area (Å²) in [4.78, 5) is 0.680. The van der Waals surface area contributed by atoms with E-state index in [1.165, 1.54) is 0 Å². The summed E-state index contributed by atoms with van der Waals surface area (Å²) in [6.45, 7) is 2.30. The van der Waals surface area contributed by atoms with Crippen molar-refractivity contribution in [3.63, 3.8) is 0 Å². The van der Waals surface area contributed by atoms with E-state index in [4.69, 9.17) is 8.92 Å². The molecule has 2 aromatic carbocycles. The van der Waals surface area contributed by atoms with Gasteiger partial charge in [-0.3, -0.25) is 4.18 Å². The van der Waals surface area contributed by atoms with Crippen LogP contribution in [0.1, 0.15) is 11.1 Å². The van der Waals surface area contributed by atoms with Gasteiger partial charge in [0.15, 0.2) is 11.1 Å². The predicted molar refractivity (Wildman–Crippen MR) is 75.4 cm³/mol. The van der Waals surface area contributed by atoms with Crippen molar-refractivity contribution in [1.29, 1.82) is 0 Å². The third-order valence-corrected chi connectivity index (χ3v) is 3.69. The molecule has 100 valence electrons. The summed E-state index contributed by atoms with van der Waals surface area (Å²) in [6, 6.07) is 15.0. The van der Waals surface area contributed by atoms with Gasteiger partial charge >= 0.3 is 0 Å². The molecule has 0 spiro atoms. The minimum atomic E-state index is -1.43. The van der Waals surface area contributed by atoms with E-state index in [0.29, 0.717) is 11.5 Å². The lowest BCUT2D eigenvalue weighted by atomic mass is 10.2. The van der Waals surface area contributed by atoms with Crippen molar-refractivity contribution < 1.29 is 13.1 Å². The first-order valence-electron chi connectivity index (χ1n) is 5.93. The number of ether oxygens (including phenoxy) is 1. The number of benzene rings is 2. The van der Waals surface area contributed by atoms with Crippen LogP contribution in [0.25, 0.3) is 0 Å². The highest BCUT2D eigenvalue weighted by Gasteiger charge is 2.04. The molecule has 0 aliphatic rings. The van der Waals surface area contributed by atoms with Crippen LogP contribution in [0.4, 0.5) is 0 Å². The molecule has 0 radical (unpaired) electrons. The molecule has 0 aliphatic carbocycles. The molecule has 2 aromatic rings. The largest absolute Gasteiger partial charge is 0.497 e. The fraction of sp³-hybridized carbons (Fsp3) is 0.200. The van der Waals surface area contributed by atoms with Crippen LogP contribution in [0.5, 0.6) is 5.75 Å². The lowest BCUT2D eigenvalue weighted by Gasteiger charge is -2.05. The van der Waals surface area contributed by atoms with Crippen molar-refractivity contribution in [3.05, 3.63) is 59.7 Å². The minimum absolute atomic E-state index is 0.310. The molecule has 0 aliphatic heterocycles. The molecular weight excluding hydrogens is 260 g/mol. The van der Waals surface area contributed by atoms with E-state index >= 15 is 0 Å². The maximum absolute atomic E-state index is 11.9. The Hall–Kier alpha value is -1.65. The zero-order valence-corrected chi connectivity index (χ0v) is 11.8. The van der Waals surface area contributed by atoms with Crippen LogP contribution in [0.15, 0.2) is 53.4 Å². The second-order valence-electron chi connectivity index (χ2n) is 4.16. The molecule has 0 bridgehead atoms. The standard InChI is InChI=1S/C15H16O3S/c1-12-3-9-15(10-4-12)19(16)18-11-13-5-7-14(17-2)8-6-13/h3-10H,11H2,1-2H3. The number of methoxy groups -OCH3 is 1. The second-order valence-corrected chi connectivity index (χ2v) is 5.33. The molecule has 1 unspecified atom stereocenters. The zero-order chi connectivity index (χ0) is 13.7. The molecule has 19 heavy (non-hydrogen) atoms. The van der Waals surface area contributed by atoms with E-state index in [9.17, 15) is 4.21 Å². The van der Waals surface area contributed by atoms with E-state index < -0.39 is 11.1 Å². The molecule has 0 aromatic heterocycles. The number of rotatable bonds is 5. The first-order chi connectivity index (χ1) is 9.19. The van der Waals surface area contributed by atoms with Crippen molar-refractivity contribution in [2.45, 2.75) is 18.4 Å². The highest BCUT2D eigenvalue weighted by atomic mass is 32.2. The van der Waals surface area contributed by atoms with E-state index in [0.717, 1.165) is 16.9 Å². The molecule has 0 N–H and O–H groups in total. The molecule has 0 amide bonds. The lowest BCUT2D eigenvalue weighted by Crippen LogP contribution is -1.98. The Balaban J connectivity index is 1.94. The highest BCUT2D eigenvalue weighted by Crippen LogP contribution is 2.14. The number of aryl methyl sites for hydroxylation is 1. The van der Waals surface area contributed by atoms with E-state index in [1.807, 2.05) is 55.5 Å². The summed E-state index contributed by atoms with van der Waals surface area (Å²) >= 11 is -1.43. The van der Waals surface area contributed by atoms with E-state index in [1.54, 1.807) is 7.11 Å². The van der Waals surface area contributed by atoms with Crippen LogP contribution >= 0.6 is 0 Å². The van der Waals surface area contributed by atoms with Gasteiger partial charge in [0.25, 0.3) is 0 Å². The quantitative estimate of drug-likeness (QED) is 0.841. The highest BCUT2D eigenvalue weighted by molar-refractivity contribution is 7.80. The fourth-order valence-electron chi connectivity index (χ4n) is 1.56. The Morgan fingerprint density at radius 3 is 2.21 bits per heavy atom. The van der Waals surface area contributed by atoms with Gasteiger partial charge in [-0.15, -0.1) is 0 Å². The maximum Gasteiger partial charge on any atom is 0.189 e. The van der Waals surface area contributed by atoms with Gasteiger partial charge in [-0.25, -0.2) is 4.21 Å². The maximum atomic E-state index is 11.9. The fourth-order valence-corrected chi connectivity index (χ4v) is 2.30. The topological polar surface area (TPSA) is 35.5 Å². The molecule has 2 rings (SSSR count). The summed E-state index contributed by atoms with van der Waals surface area (Å²) in [6.07, 6.45) is 0. The molecule has 4 heteroatoms. The van der Waals surface area contributed by atoms with Crippen molar-refractivity contribution in [2.24, 2.45) is 0 Å². The van der Waals surface area contributed by atoms with Gasteiger partial charge in [0.1, 0.15) is 5.75 Å². The Bertz CT molecular complexity index is 547. The summed E-state index contributed by atoms with van der Waals surface area (Å²) in [5.41, 5.74) is 2.09. The molecule has 3 nitrogen and oxygen atoms in total. The van der Waals surface area contributed by atoms with Crippen molar-refractivity contribution in [3.8, 4) is 5.75 Å². The summed E-state index contributed by atoms with van der Waals surface area (Å²) in [5.74, 6) is 0.795. The van der Waals surface area contributed by atoms with Gasteiger partial charge in [0, 0.05) is 0 Å². The van der Waals surface area contributed by atoms with Gasteiger partial charge in [0.2, 0.25) is 0 Å². The second kappa shape index (κ2) is 6.50. The van der Waals surface area contributed by atoms with Crippen LogP contribution < -0.4 is 4.74 Å². The van der Waals surface area contributed by atoms with Crippen LogP contribution in [-0.4, -0.2) is 11.3 Å². The van der Waals surface area contributed by atoms with Crippen molar-refractivity contribution in [2.75, 3.05) is 7.11 Å². The smallest absolute Gasteiger partial charge is 0.189 e. The molecule has 0 fully saturated rings. The normalized spacial score (nSPS) is 12.1. The first-order valence-corrected chi connectivity index (χ1v) is 7.01. The van der Waals surface area contributed by atoms with E-state index in [-0.39, 0.29) is 0 Å². The van der Waals surface area contributed by atoms with E-state index in [2.05, 4.69) is 0 Å². The van der Waals surface area contributed by atoms with Crippen molar-refractivity contribution in [1.82, 2.24) is 0 Å². The van der Waals surface area contributed by atoms with Gasteiger partial charge in [-0.1, -0.05) is 29.8 Å². The van der Waals surface area contributed by atoms with Crippen LogP contribution in [0.2, 0.25) is 0 Å². The van der Waals surface area contributed by atoms with Crippen molar-refractivity contribution >= 4 is 11.1 Å². The monoisotopic (exact) mass is 276 g/mol. The summed E-state index contributed by atoms with van der Waals surface area (Å²) < 4.78 is 22.3. The minimum Gasteiger partial charge on any atom is -0.497 e. The Labute approximate surface area is 115 Å². The number of hydrogen-bond donors (Lipinski definition) is 0. The Kier molecular flexibility index (Phi) is 4.71. The first kappa shape index (κ1) is 13.8.